The Hall–Kier alpha value is -0.810. The molecular weight excluding hydrogens is 278 g/mol. The largest absolute Gasteiger partial charge is 0.444 e. The maximum absolute atomic E-state index is 11.7. The molecule has 1 aliphatic carbocycles. The zero-order valence-corrected chi connectivity index (χ0v) is 15.4. The minimum Gasteiger partial charge on any atom is -0.444 e. The number of alkyl carbamates (subject to hydrolysis) is 1. The average molecular weight is 313 g/mol. The van der Waals surface area contributed by atoms with Crippen LogP contribution in [-0.2, 0) is 4.74 Å². The molecule has 1 aliphatic rings. The highest BCUT2D eigenvalue weighted by Gasteiger charge is 2.32. The van der Waals surface area contributed by atoms with E-state index >= 15 is 0 Å². The second-order valence-electron chi connectivity index (χ2n) is 8.27. The van der Waals surface area contributed by atoms with Crippen molar-refractivity contribution in [1.82, 2.24) is 15.5 Å². The molecule has 22 heavy (non-hydrogen) atoms. The molecule has 1 amide bonds. The van der Waals surface area contributed by atoms with Gasteiger partial charge in [-0.05, 0) is 60.0 Å². The third-order valence-corrected chi connectivity index (χ3v) is 3.67. The van der Waals surface area contributed by atoms with E-state index in [9.17, 15) is 4.79 Å². The van der Waals surface area contributed by atoms with Gasteiger partial charge in [0.1, 0.15) is 5.60 Å². The molecular formula is C17H35N3O2. The number of hydrogen-bond donors (Lipinski definition) is 2. The molecule has 0 aliphatic heterocycles. The zero-order valence-electron chi connectivity index (χ0n) is 15.4. The molecule has 0 bridgehead atoms. The Morgan fingerprint density at radius 2 is 1.82 bits per heavy atom. The fourth-order valence-electron chi connectivity index (χ4n) is 2.88. The predicted octanol–water partition coefficient (Wildman–Crippen LogP) is 2.61. The molecule has 1 atom stereocenters. The van der Waals surface area contributed by atoms with Gasteiger partial charge < -0.3 is 20.3 Å². The van der Waals surface area contributed by atoms with Crippen molar-refractivity contribution in [1.29, 1.82) is 0 Å². The molecule has 1 fully saturated rings. The van der Waals surface area contributed by atoms with Crippen LogP contribution < -0.4 is 10.6 Å². The van der Waals surface area contributed by atoms with E-state index in [2.05, 4.69) is 43.5 Å². The Morgan fingerprint density at radius 3 is 2.27 bits per heavy atom. The van der Waals surface area contributed by atoms with Gasteiger partial charge in [-0.3, -0.25) is 0 Å². The number of rotatable bonds is 7. The van der Waals surface area contributed by atoms with Crippen LogP contribution in [0.2, 0.25) is 0 Å². The van der Waals surface area contributed by atoms with Gasteiger partial charge in [-0.25, -0.2) is 4.79 Å². The number of nitrogens with one attached hydrogen (secondary N) is 2. The van der Waals surface area contributed by atoms with Crippen LogP contribution in [0.15, 0.2) is 0 Å². The maximum atomic E-state index is 11.7. The van der Waals surface area contributed by atoms with Gasteiger partial charge in [0.05, 0.1) is 0 Å². The zero-order chi connectivity index (χ0) is 16.9. The summed E-state index contributed by atoms with van der Waals surface area (Å²) in [5, 5.41) is 6.68. The lowest BCUT2D eigenvalue weighted by Gasteiger charge is -2.39. The van der Waals surface area contributed by atoms with E-state index in [4.69, 9.17) is 4.74 Å². The van der Waals surface area contributed by atoms with Gasteiger partial charge in [-0.2, -0.15) is 0 Å². The molecule has 0 saturated heterocycles. The first-order valence-electron chi connectivity index (χ1n) is 8.45. The van der Waals surface area contributed by atoms with Crippen LogP contribution in [0.1, 0.15) is 53.9 Å². The van der Waals surface area contributed by atoms with Gasteiger partial charge in [-0.15, -0.1) is 0 Å². The minimum absolute atomic E-state index is 0.242. The normalized spacial score (nSPS) is 23.3. The van der Waals surface area contributed by atoms with Gasteiger partial charge in [0, 0.05) is 24.7 Å². The summed E-state index contributed by atoms with van der Waals surface area (Å²) < 4.78 is 5.29. The highest BCUT2D eigenvalue weighted by Crippen LogP contribution is 2.22. The number of ether oxygens (including phenoxy) is 1. The molecule has 0 aromatic rings. The van der Waals surface area contributed by atoms with Crippen LogP contribution in [-0.4, -0.2) is 55.4 Å². The standard InChI is InChI=1S/C17H35N3O2/c1-12(2)8-15(11-20(6)7)18-13-9-14(10-13)19-16(21)22-17(3,4)5/h12-15,18H,8-11H2,1-7H3,(H,19,21). The first kappa shape index (κ1) is 19.2. The van der Waals surface area contributed by atoms with Crippen molar-refractivity contribution in [2.24, 2.45) is 5.92 Å². The summed E-state index contributed by atoms with van der Waals surface area (Å²) >= 11 is 0. The number of nitrogens with zero attached hydrogens (tertiary/aromatic N) is 1. The summed E-state index contributed by atoms with van der Waals surface area (Å²) in [7, 11) is 4.23. The Bertz CT molecular complexity index is 334. The second-order valence-corrected chi connectivity index (χ2v) is 8.27. The van der Waals surface area contributed by atoms with E-state index in [1.54, 1.807) is 0 Å². The molecule has 5 nitrogen and oxygen atoms in total. The molecule has 130 valence electrons. The SMILES string of the molecule is CC(C)CC(CN(C)C)NC1CC(NC(=O)OC(C)(C)C)C1. The highest BCUT2D eigenvalue weighted by molar-refractivity contribution is 5.68. The Labute approximate surface area is 136 Å². The molecule has 0 aromatic heterocycles. The maximum Gasteiger partial charge on any atom is 0.407 e. The van der Waals surface area contributed by atoms with E-state index in [0.717, 1.165) is 19.4 Å². The van der Waals surface area contributed by atoms with Crippen LogP contribution in [0.5, 0.6) is 0 Å². The van der Waals surface area contributed by atoms with Crippen molar-refractivity contribution in [3.05, 3.63) is 0 Å². The first-order chi connectivity index (χ1) is 10.0. The van der Waals surface area contributed by atoms with Crippen LogP contribution in [0.3, 0.4) is 0 Å². The molecule has 0 aromatic carbocycles. The average Bonchev–Trinajstić information content (AvgIpc) is 2.21. The monoisotopic (exact) mass is 313 g/mol. The fourth-order valence-corrected chi connectivity index (χ4v) is 2.88. The lowest BCUT2D eigenvalue weighted by Crippen LogP contribution is -2.56. The van der Waals surface area contributed by atoms with E-state index in [-0.39, 0.29) is 12.1 Å². The summed E-state index contributed by atoms with van der Waals surface area (Å²) in [5.74, 6) is 0.688. The summed E-state index contributed by atoms with van der Waals surface area (Å²) in [6.07, 6.45) is 2.85. The van der Waals surface area contributed by atoms with Crippen LogP contribution >= 0.6 is 0 Å². The number of hydrogen-bond acceptors (Lipinski definition) is 4. The molecule has 1 unspecified atom stereocenters. The molecule has 1 rings (SSSR count). The number of likely N-dealkylation sites (N-methyl/N-ethyl adjacent to an activating group) is 1. The highest BCUT2D eigenvalue weighted by atomic mass is 16.6. The van der Waals surface area contributed by atoms with Crippen molar-refractivity contribution < 1.29 is 9.53 Å². The minimum atomic E-state index is -0.431. The van der Waals surface area contributed by atoms with Crippen LogP contribution in [0.25, 0.3) is 0 Å². The Kier molecular flexibility index (Phi) is 7.13. The fraction of sp³-hybridized carbons (Fsp3) is 0.941. The summed E-state index contributed by atoms with van der Waals surface area (Å²) in [4.78, 5) is 14.0. The topological polar surface area (TPSA) is 53.6 Å². The van der Waals surface area contributed by atoms with Crippen LogP contribution in [0.4, 0.5) is 4.79 Å². The number of carbonyl (C=O) groups excluding carboxylic acids is 1. The van der Waals surface area contributed by atoms with Gasteiger partial charge in [0.2, 0.25) is 0 Å². The van der Waals surface area contributed by atoms with E-state index in [1.807, 2.05) is 20.8 Å². The van der Waals surface area contributed by atoms with E-state index in [0.29, 0.717) is 18.0 Å². The van der Waals surface area contributed by atoms with Gasteiger partial charge in [0.15, 0.2) is 0 Å². The second kappa shape index (κ2) is 8.16. The molecule has 0 spiro atoms. The predicted molar refractivity (Wildman–Crippen MR) is 91.1 cm³/mol. The van der Waals surface area contributed by atoms with Crippen molar-refractivity contribution in [2.45, 2.75) is 77.6 Å². The smallest absolute Gasteiger partial charge is 0.407 e. The molecule has 0 heterocycles. The van der Waals surface area contributed by atoms with Crippen molar-refractivity contribution in [3.63, 3.8) is 0 Å². The molecule has 5 heteroatoms. The molecule has 0 radical (unpaired) electrons. The Balaban J connectivity index is 2.29. The summed E-state index contributed by atoms with van der Waals surface area (Å²) in [5.41, 5.74) is -0.431. The van der Waals surface area contributed by atoms with Crippen molar-refractivity contribution >= 4 is 6.09 Å². The lowest BCUT2D eigenvalue weighted by atomic mass is 9.85. The Morgan fingerprint density at radius 1 is 1.23 bits per heavy atom. The van der Waals surface area contributed by atoms with Crippen LogP contribution in [0, 0.1) is 5.92 Å². The van der Waals surface area contributed by atoms with E-state index in [1.165, 1.54) is 6.42 Å². The molecule has 1 saturated carbocycles. The number of amides is 1. The number of carbonyl (C=O) groups is 1. The third kappa shape index (κ3) is 7.99. The van der Waals surface area contributed by atoms with Gasteiger partial charge >= 0.3 is 6.09 Å². The van der Waals surface area contributed by atoms with Gasteiger partial charge in [-0.1, -0.05) is 13.8 Å². The third-order valence-electron chi connectivity index (χ3n) is 3.67. The summed E-state index contributed by atoms with van der Waals surface area (Å²) in [6, 6.07) is 1.26. The first-order valence-corrected chi connectivity index (χ1v) is 8.45. The quantitative estimate of drug-likeness (QED) is 0.758. The van der Waals surface area contributed by atoms with Gasteiger partial charge in [0.25, 0.3) is 0 Å². The molecule has 2 N–H and O–H groups in total. The van der Waals surface area contributed by atoms with Crippen molar-refractivity contribution in [2.75, 3.05) is 20.6 Å². The van der Waals surface area contributed by atoms with Crippen molar-refractivity contribution in [3.8, 4) is 0 Å². The summed E-state index contributed by atoms with van der Waals surface area (Å²) in [6.45, 7) is 11.2. The van der Waals surface area contributed by atoms with E-state index < -0.39 is 5.60 Å². The lowest BCUT2D eigenvalue weighted by molar-refractivity contribution is 0.0461.